The first kappa shape index (κ1) is 12.9. The average Bonchev–Trinajstić information content (AvgIpc) is 2.30. The van der Waals surface area contributed by atoms with E-state index >= 15 is 0 Å². The van der Waals surface area contributed by atoms with Crippen LogP contribution in [0.25, 0.3) is 0 Å². The molecular weight excluding hydrogens is 218 g/mol. The SMILES string of the molecule is CC(C)N(N)/C(=C\N)SCc1ccccc1. The van der Waals surface area contributed by atoms with Gasteiger partial charge >= 0.3 is 0 Å². The predicted octanol–water partition coefficient (Wildman–Crippen LogP) is 2.26. The molecule has 0 bridgehead atoms. The summed E-state index contributed by atoms with van der Waals surface area (Å²) in [7, 11) is 0. The molecule has 0 unspecified atom stereocenters. The summed E-state index contributed by atoms with van der Waals surface area (Å²) in [6.07, 6.45) is 1.56. The Hall–Kier alpha value is -1.13. The molecule has 88 valence electrons. The predicted molar refractivity (Wildman–Crippen MR) is 71.2 cm³/mol. The second-order valence-corrected chi connectivity index (χ2v) is 4.78. The van der Waals surface area contributed by atoms with E-state index in [9.17, 15) is 0 Å². The Balaban J connectivity index is 2.53. The number of hydrogen-bond donors (Lipinski definition) is 2. The minimum atomic E-state index is 0.248. The van der Waals surface area contributed by atoms with E-state index in [0.717, 1.165) is 10.8 Å². The zero-order valence-electron chi connectivity index (χ0n) is 9.76. The van der Waals surface area contributed by atoms with Crippen molar-refractivity contribution in [2.24, 2.45) is 11.6 Å². The van der Waals surface area contributed by atoms with Gasteiger partial charge in [0.2, 0.25) is 0 Å². The van der Waals surface area contributed by atoms with E-state index < -0.39 is 0 Å². The van der Waals surface area contributed by atoms with Crippen LogP contribution >= 0.6 is 11.8 Å². The molecule has 0 aromatic heterocycles. The van der Waals surface area contributed by atoms with Gasteiger partial charge in [0.15, 0.2) is 0 Å². The average molecular weight is 237 g/mol. The molecule has 0 aliphatic carbocycles. The fraction of sp³-hybridized carbons (Fsp3) is 0.333. The van der Waals surface area contributed by atoms with Crippen molar-refractivity contribution in [3.05, 3.63) is 47.1 Å². The van der Waals surface area contributed by atoms with Crippen molar-refractivity contribution in [1.82, 2.24) is 5.01 Å². The summed E-state index contributed by atoms with van der Waals surface area (Å²) in [6.45, 7) is 4.07. The van der Waals surface area contributed by atoms with Gasteiger partial charge in [-0.1, -0.05) is 30.3 Å². The molecule has 0 aliphatic rings. The van der Waals surface area contributed by atoms with Gasteiger partial charge in [-0.05, 0) is 19.4 Å². The molecule has 16 heavy (non-hydrogen) atoms. The monoisotopic (exact) mass is 237 g/mol. The summed E-state index contributed by atoms with van der Waals surface area (Å²) in [6, 6.07) is 10.5. The summed E-state index contributed by atoms with van der Waals surface area (Å²) >= 11 is 1.65. The highest BCUT2D eigenvalue weighted by atomic mass is 32.2. The first-order valence-electron chi connectivity index (χ1n) is 5.27. The third kappa shape index (κ3) is 3.79. The molecule has 0 atom stereocenters. The van der Waals surface area contributed by atoms with Crippen LogP contribution in [0.4, 0.5) is 0 Å². The summed E-state index contributed by atoms with van der Waals surface area (Å²) in [5.41, 5.74) is 6.84. The van der Waals surface area contributed by atoms with Crippen LogP contribution in [0.15, 0.2) is 41.6 Å². The first-order valence-corrected chi connectivity index (χ1v) is 6.26. The van der Waals surface area contributed by atoms with Crippen LogP contribution in [0, 0.1) is 0 Å². The molecule has 4 heteroatoms. The molecule has 1 aromatic carbocycles. The Morgan fingerprint density at radius 1 is 1.38 bits per heavy atom. The van der Waals surface area contributed by atoms with Crippen LogP contribution in [0.2, 0.25) is 0 Å². The topological polar surface area (TPSA) is 55.3 Å². The fourth-order valence-corrected chi connectivity index (χ4v) is 2.16. The summed E-state index contributed by atoms with van der Waals surface area (Å²) in [5, 5.41) is 2.59. The number of hydrazine groups is 1. The number of hydrogen-bond acceptors (Lipinski definition) is 4. The maximum Gasteiger partial charge on any atom is 0.101 e. The van der Waals surface area contributed by atoms with E-state index in [1.165, 1.54) is 5.56 Å². The molecule has 0 amide bonds. The zero-order chi connectivity index (χ0) is 12.0. The quantitative estimate of drug-likeness (QED) is 0.609. The van der Waals surface area contributed by atoms with E-state index in [1.54, 1.807) is 23.0 Å². The second kappa shape index (κ2) is 6.45. The number of thioether (sulfide) groups is 1. The van der Waals surface area contributed by atoms with Crippen molar-refractivity contribution in [2.75, 3.05) is 0 Å². The lowest BCUT2D eigenvalue weighted by Crippen LogP contribution is -2.36. The third-order valence-corrected chi connectivity index (χ3v) is 3.30. The highest BCUT2D eigenvalue weighted by Crippen LogP contribution is 2.23. The van der Waals surface area contributed by atoms with Crippen LogP contribution < -0.4 is 11.6 Å². The third-order valence-electron chi connectivity index (χ3n) is 2.18. The van der Waals surface area contributed by atoms with Crippen molar-refractivity contribution in [2.45, 2.75) is 25.6 Å². The molecule has 1 aromatic rings. The minimum Gasteiger partial charge on any atom is -0.402 e. The van der Waals surface area contributed by atoms with Gasteiger partial charge in [0.05, 0.1) is 0 Å². The Morgan fingerprint density at radius 2 is 2.00 bits per heavy atom. The maximum atomic E-state index is 5.90. The molecule has 1 rings (SSSR count). The van der Waals surface area contributed by atoms with Gasteiger partial charge in [-0.15, -0.1) is 11.8 Å². The molecule has 0 heterocycles. The van der Waals surface area contributed by atoms with E-state index in [4.69, 9.17) is 11.6 Å². The van der Waals surface area contributed by atoms with E-state index in [-0.39, 0.29) is 6.04 Å². The van der Waals surface area contributed by atoms with E-state index in [1.807, 2.05) is 32.0 Å². The van der Waals surface area contributed by atoms with Gasteiger partial charge in [-0.2, -0.15) is 0 Å². The van der Waals surface area contributed by atoms with Crippen LogP contribution in [0.1, 0.15) is 19.4 Å². The fourth-order valence-electron chi connectivity index (χ4n) is 1.19. The number of nitrogens with zero attached hydrogens (tertiary/aromatic N) is 1. The molecule has 0 spiro atoms. The van der Waals surface area contributed by atoms with Gasteiger partial charge in [-0.3, -0.25) is 0 Å². The van der Waals surface area contributed by atoms with E-state index in [0.29, 0.717) is 0 Å². The van der Waals surface area contributed by atoms with E-state index in [2.05, 4.69) is 12.1 Å². The number of nitrogens with two attached hydrogens (primary N) is 2. The Labute approximate surface area is 101 Å². The van der Waals surface area contributed by atoms with Gasteiger partial charge in [-0.25, -0.2) is 5.84 Å². The van der Waals surface area contributed by atoms with Crippen LogP contribution in [0.3, 0.4) is 0 Å². The molecule has 0 saturated heterocycles. The number of rotatable bonds is 5. The molecule has 0 aliphatic heterocycles. The Morgan fingerprint density at radius 3 is 2.50 bits per heavy atom. The highest BCUT2D eigenvalue weighted by molar-refractivity contribution is 8.02. The Kier molecular flexibility index (Phi) is 5.22. The van der Waals surface area contributed by atoms with Gasteiger partial charge in [0.25, 0.3) is 0 Å². The van der Waals surface area contributed by atoms with Crippen molar-refractivity contribution in [1.29, 1.82) is 0 Å². The Bertz CT molecular complexity index is 335. The van der Waals surface area contributed by atoms with Crippen LogP contribution in [-0.2, 0) is 5.75 Å². The van der Waals surface area contributed by atoms with Crippen molar-refractivity contribution in [3.8, 4) is 0 Å². The summed E-state index contributed by atoms with van der Waals surface area (Å²) < 4.78 is 0. The van der Waals surface area contributed by atoms with Crippen molar-refractivity contribution < 1.29 is 0 Å². The molecule has 3 nitrogen and oxygen atoms in total. The van der Waals surface area contributed by atoms with Gasteiger partial charge in [0, 0.05) is 18.0 Å². The molecule has 0 radical (unpaired) electrons. The lowest BCUT2D eigenvalue weighted by Gasteiger charge is -2.24. The highest BCUT2D eigenvalue weighted by Gasteiger charge is 2.09. The lowest BCUT2D eigenvalue weighted by atomic mass is 10.2. The molecular formula is C12H19N3S. The summed E-state index contributed by atoms with van der Waals surface area (Å²) in [4.78, 5) is 0. The largest absolute Gasteiger partial charge is 0.402 e. The maximum absolute atomic E-state index is 5.90. The van der Waals surface area contributed by atoms with Crippen LogP contribution in [-0.4, -0.2) is 11.1 Å². The summed E-state index contributed by atoms with van der Waals surface area (Å²) in [5.74, 6) is 6.78. The standard InChI is InChI=1S/C12H19N3S/c1-10(2)15(14)12(8-13)16-9-11-6-4-3-5-7-11/h3-8,10H,9,13-14H2,1-2H3/b12-8+. The van der Waals surface area contributed by atoms with Gasteiger partial charge in [0.1, 0.15) is 5.03 Å². The van der Waals surface area contributed by atoms with Crippen molar-refractivity contribution in [3.63, 3.8) is 0 Å². The minimum absolute atomic E-state index is 0.248. The molecule has 0 fully saturated rings. The van der Waals surface area contributed by atoms with Gasteiger partial charge < -0.3 is 10.7 Å². The zero-order valence-corrected chi connectivity index (χ0v) is 10.6. The lowest BCUT2D eigenvalue weighted by molar-refractivity contribution is 0.314. The first-order chi connectivity index (χ1) is 7.65. The van der Waals surface area contributed by atoms with Crippen LogP contribution in [0.5, 0.6) is 0 Å². The normalized spacial score (nSPS) is 11.9. The molecule has 0 saturated carbocycles. The molecule has 4 N–H and O–H groups in total. The van der Waals surface area contributed by atoms with Crippen molar-refractivity contribution >= 4 is 11.8 Å². The number of benzene rings is 1. The second-order valence-electron chi connectivity index (χ2n) is 3.78. The smallest absolute Gasteiger partial charge is 0.101 e.